The van der Waals surface area contributed by atoms with Gasteiger partial charge in [-0.05, 0) is 31.4 Å². The molecule has 0 radical (unpaired) electrons. The van der Waals surface area contributed by atoms with E-state index in [-0.39, 0.29) is 12.1 Å². The number of rotatable bonds is 2. The summed E-state index contributed by atoms with van der Waals surface area (Å²) in [7, 11) is 1.98. The Hall–Kier alpha value is -1.68. The third-order valence-corrected chi connectivity index (χ3v) is 3.74. The number of para-hydroxylation sites is 2. The Labute approximate surface area is 106 Å². The van der Waals surface area contributed by atoms with Crippen LogP contribution >= 0.6 is 0 Å². The minimum atomic E-state index is -0.247. The van der Waals surface area contributed by atoms with Gasteiger partial charge in [0.05, 0.1) is 29.4 Å². The number of aliphatic hydroxyl groups is 1. The molecular formula is C14H17N3O. The molecule has 4 nitrogen and oxygen atoms in total. The Morgan fingerprint density at radius 1 is 1.22 bits per heavy atom. The fraction of sp³-hybridized carbons (Fsp3) is 0.429. The van der Waals surface area contributed by atoms with Crippen LogP contribution in [-0.4, -0.2) is 34.3 Å². The summed E-state index contributed by atoms with van der Waals surface area (Å²) in [5, 5.41) is 9.94. The molecule has 1 fully saturated rings. The molecule has 0 bridgehead atoms. The Morgan fingerprint density at radius 3 is 2.72 bits per heavy atom. The second-order valence-electron chi connectivity index (χ2n) is 4.89. The summed E-state index contributed by atoms with van der Waals surface area (Å²) >= 11 is 0. The lowest BCUT2D eigenvalue weighted by atomic mass is 10.2. The van der Waals surface area contributed by atoms with Gasteiger partial charge >= 0.3 is 0 Å². The van der Waals surface area contributed by atoms with E-state index < -0.39 is 0 Å². The van der Waals surface area contributed by atoms with E-state index in [1.54, 1.807) is 6.20 Å². The molecule has 1 heterocycles. The molecule has 1 aromatic carbocycles. The molecule has 2 aromatic rings. The molecular weight excluding hydrogens is 226 g/mol. The van der Waals surface area contributed by atoms with Crippen molar-refractivity contribution in [2.75, 3.05) is 11.9 Å². The first kappa shape index (κ1) is 11.4. The average molecular weight is 243 g/mol. The average Bonchev–Trinajstić information content (AvgIpc) is 2.83. The van der Waals surface area contributed by atoms with Gasteiger partial charge in [-0.2, -0.15) is 0 Å². The number of anilines is 1. The van der Waals surface area contributed by atoms with Crippen LogP contribution in [0.4, 0.5) is 5.82 Å². The summed E-state index contributed by atoms with van der Waals surface area (Å²) in [6.07, 6.45) is 4.52. The number of likely N-dealkylation sites (N-methyl/N-ethyl adjacent to an activating group) is 1. The van der Waals surface area contributed by atoms with Crippen molar-refractivity contribution in [1.29, 1.82) is 0 Å². The van der Waals surface area contributed by atoms with E-state index in [2.05, 4.69) is 14.9 Å². The Morgan fingerprint density at radius 2 is 2.00 bits per heavy atom. The van der Waals surface area contributed by atoms with Crippen molar-refractivity contribution in [1.82, 2.24) is 9.97 Å². The topological polar surface area (TPSA) is 49.2 Å². The maximum atomic E-state index is 9.94. The van der Waals surface area contributed by atoms with Crippen molar-refractivity contribution in [3.63, 3.8) is 0 Å². The lowest BCUT2D eigenvalue weighted by Gasteiger charge is -2.27. The summed E-state index contributed by atoms with van der Waals surface area (Å²) in [6.45, 7) is 0. The van der Waals surface area contributed by atoms with Crippen molar-refractivity contribution in [3.8, 4) is 0 Å². The molecule has 0 spiro atoms. The van der Waals surface area contributed by atoms with E-state index in [0.717, 1.165) is 36.1 Å². The molecule has 18 heavy (non-hydrogen) atoms. The molecule has 0 amide bonds. The van der Waals surface area contributed by atoms with Crippen molar-refractivity contribution < 1.29 is 5.11 Å². The highest BCUT2D eigenvalue weighted by Crippen LogP contribution is 2.26. The molecule has 1 aliphatic carbocycles. The third kappa shape index (κ3) is 1.93. The Kier molecular flexibility index (Phi) is 2.88. The van der Waals surface area contributed by atoms with Gasteiger partial charge in [0.25, 0.3) is 0 Å². The van der Waals surface area contributed by atoms with Crippen LogP contribution in [0.1, 0.15) is 19.3 Å². The van der Waals surface area contributed by atoms with E-state index in [1.807, 2.05) is 31.3 Å². The number of aliphatic hydroxyl groups excluding tert-OH is 1. The summed E-state index contributed by atoms with van der Waals surface area (Å²) in [5.74, 6) is 0.833. The van der Waals surface area contributed by atoms with Gasteiger partial charge in [0.15, 0.2) is 0 Å². The maximum Gasteiger partial charge on any atom is 0.147 e. The van der Waals surface area contributed by atoms with Crippen LogP contribution in [0.5, 0.6) is 0 Å². The number of nitrogens with zero attached hydrogens (tertiary/aromatic N) is 3. The summed E-state index contributed by atoms with van der Waals surface area (Å²) < 4.78 is 0. The molecule has 0 saturated heterocycles. The second-order valence-corrected chi connectivity index (χ2v) is 4.89. The van der Waals surface area contributed by atoms with Gasteiger partial charge in [-0.15, -0.1) is 0 Å². The van der Waals surface area contributed by atoms with Gasteiger partial charge in [0.1, 0.15) is 5.82 Å². The first-order valence-corrected chi connectivity index (χ1v) is 6.38. The number of aromatic nitrogens is 2. The van der Waals surface area contributed by atoms with Crippen molar-refractivity contribution >= 4 is 16.9 Å². The van der Waals surface area contributed by atoms with Gasteiger partial charge in [0, 0.05) is 7.05 Å². The molecule has 2 unspecified atom stereocenters. The van der Waals surface area contributed by atoms with Crippen LogP contribution in [0.25, 0.3) is 11.0 Å². The molecule has 1 saturated carbocycles. The number of fused-ring (bicyclic) bond motifs is 1. The molecule has 1 aromatic heterocycles. The second kappa shape index (κ2) is 4.53. The number of hydrogen-bond donors (Lipinski definition) is 1. The van der Waals surface area contributed by atoms with E-state index >= 15 is 0 Å². The molecule has 0 aliphatic heterocycles. The minimum Gasteiger partial charge on any atom is -0.391 e. The van der Waals surface area contributed by atoms with Gasteiger partial charge in [-0.25, -0.2) is 4.98 Å². The van der Waals surface area contributed by atoms with E-state index in [4.69, 9.17) is 0 Å². The lowest BCUT2D eigenvalue weighted by Crippen LogP contribution is -2.38. The first-order valence-electron chi connectivity index (χ1n) is 6.38. The number of hydrogen-bond acceptors (Lipinski definition) is 4. The van der Waals surface area contributed by atoms with Gasteiger partial charge in [0.2, 0.25) is 0 Å². The highest BCUT2D eigenvalue weighted by Gasteiger charge is 2.29. The molecule has 2 atom stereocenters. The zero-order valence-electron chi connectivity index (χ0n) is 10.5. The minimum absolute atomic E-state index is 0.167. The fourth-order valence-corrected chi connectivity index (χ4v) is 2.66. The van der Waals surface area contributed by atoms with Crippen LogP contribution in [0.15, 0.2) is 30.5 Å². The summed E-state index contributed by atoms with van der Waals surface area (Å²) in [5.41, 5.74) is 1.80. The van der Waals surface area contributed by atoms with Gasteiger partial charge in [-0.1, -0.05) is 12.1 Å². The zero-order valence-corrected chi connectivity index (χ0v) is 10.5. The normalized spacial score (nSPS) is 23.4. The van der Waals surface area contributed by atoms with Crippen molar-refractivity contribution in [3.05, 3.63) is 30.5 Å². The van der Waals surface area contributed by atoms with Crippen LogP contribution in [0.2, 0.25) is 0 Å². The lowest BCUT2D eigenvalue weighted by molar-refractivity contribution is 0.162. The first-order chi connectivity index (χ1) is 8.75. The van der Waals surface area contributed by atoms with Crippen molar-refractivity contribution in [2.24, 2.45) is 0 Å². The largest absolute Gasteiger partial charge is 0.391 e. The van der Waals surface area contributed by atoms with E-state index in [0.29, 0.717) is 0 Å². The standard InChI is InChI=1S/C14H17N3O/c1-17(12-7-4-8-13(12)18)14-9-15-10-5-2-3-6-11(10)16-14/h2-3,5-6,9,12-13,18H,4,7-8H2,1H3. The van der Waals surface area contributed by atoms with Crippen LogP contribution in [0, 0.1) is 0 Å². The zero-order chi connectivity index (χ0) is 12.5. The smallest absolute Gasteiger partial charge is 0.147 e. The molecule has 94 valence electrons. The highest BCUT2D eigenvalue weighted by molar-refractivity contribution is 5.75. The third-order valence-electron chi connectivity index (χ3n) is 3.74. The monoisotopic (exact) mass is 243 g/mol. The Bertz CT molecular complexity index is 557. The summed E-state index contributed by atoms with van der Waals surface area (Å²) in [4.78, 5) is 11.1. The van der Waals surface area contributed by atoms with Gasteiger partial charge in [-0.3, -0.25) is 4.98 Å². The van der Waals surface area contributed by atoms with Crippen LogP contribution in [-0.2, 0) is 0 Å². The summed E-state index contributed by atoms with van der Waals surface area (Å²) in [6, 6.07) is 8.01. The molecule has 1 N–H and O–H groups in total. The molecule has 4 heteroatoms. The van der Waals surface area contributed by atoms with Crippen molar-refractivity contribution in [2.45, 2.75) is 31.4 Å². The van der Waals surface area contributed by atoms with E-state index in [9.17, 15) is 5.11 Å². The van der Waals surface area contributed by atoms with E-state index in [1.165, 1.54) is 0 Å². The molecule has 3 rings (SSSR count). The van der Waals surface area contributed by atoms with Crippen LogP contribution in [0.3, 0.4) is 0 Å². The molecule has 1 aliphatic rings. The SMILES string of the molecule is CN(c1cnc2ccccc2n1)C1CCCC1O. The maximum absolute atomic E-state index is 9.94. The Balaban J connectivity index is 1.93. The van der Waals surface area contributed by atoms with Crippen LogP contribution < -0.4 is 4.90 Å². The predicted octanol–water partition coefficient (Wildman–Crippen LogP) is 1.98. The number of benzene rings is 1. The quantitative estimate of drug-likeness (QED) is 0.876. The highest BCUT2D eigenvalue weighted by atomic mass is 16.3. The predicted molar refractivity (Wildman–Crippen MR) is 71.6 cm³/mol. The van der Waals surface area contributed by atoms with Gasteiger partial charge < -0.3 is 10.0 Å². The fourth-order valence-electron chi connectivity index (χ4n) is 2.66.